The Hall–Kier alpha value is -2.15. The summed E-state index contributed by atoms with van der Waals surface area (Å²) in [7, 11) is 1.66. The van der Waals surface area contributed by atoms with Crippen LogP contribution in [0.25, 0.3) is 10.9 Å². The molecule has 0 fully saturated rings. The predicted molar refractivity (Wildman–Crippen MR) is 109 cm³/mol. The van der Waals surface area contributed by atoms with Crippen molar-refractivity contribution in [2.45, 2.75) is 5.92 Å². The largest absolute Gasteiger partial charge is 0.396 e. The van der Waals surface area contributed by atoms with E-state index in [1.807, 2.05) is 24.3 Å². The van der Waals surface area contributed by atoms with E-state index in [-0.39, 0.29) is 5.92 Å². The molecule has 0 amide bonds. The van der Waals surface area contributed by atoms with Crippen LogP contribution in [0.2, 0.25) is 0 Å². The molecule has 136 valence electrons. The van der Waals surface area contributed by atoms with Crippen LogP contribution in [0, 0.1) is 0 Å². The van der Waals surface area contributed by atoms with Crippen molar-refractivity contribution in [1.82, 2.24) is 4.98 Å². The van der Waals surface area contributed by atoms with Gasteiger partial charge in [-0.1, -0.05) is 46.3 Å². The molecule has 1 heterocycles. The van der Waals surface area contributed by atoms with Gasteiger partial charge in [-0.05, 0) is 23.3 Å². The van der Waals surface area contributed by atoms with Crippen LogP contribution in [-0.2, 0) is 9.47 Å². The van der Waals surface area contributed by atoms with Gasteiger partial charge >= 0.3 is 0 Å². The molecule has 0 bridgehead atoms. The Balaban J connectivity index is 2.04. The van der Waals surface area contributed by atoms with E-state index in [9.17, 15) is 0 Å². The molecule has 4 N–H and O–H groups in total. The molecule has 2 aromatic carbocycles. The molecule has 0 aliphatic heterocycles. The highest BCUT2D eigenvalue weighted by Crippen LogP contribution is 2.36. The summed E-state index contributed by atoms with van der Waals surface area (Å²) in [6.07, 6.45) is 1.59. The summed E-state index contributed by atoms with van der Waals surface area (Å²) in [5, 5.41) is 0.848. The van der Waals surface area contributed by atoms with Crippen molar-refractivity contribution >= 4 is 38.2 Å². The van der Waals surface area contributed by atoms with Gasteiger partial charge in [-0.25, -0.2) is 0 Å². The molecule has 5 nitrogen and oxygen atoms in total. The zero-order valence-corrected chi connectivity index (χ0v) is 16.2. The molecule has 0 aliphatic rings. The zero-order valence-electron chi connectivity index (χ0n) is 14.6. The van der Waals surface area contributed by atoms with E-state index in [2.05, 4.69) is 39.1 Å². The van der Waals surface area contributed by atoms with E-state index in [4.69, 9.17) is 20.9 Å². The Kier molecular flexibility index (Phi) is 6.08. The van der Waals surface area contributed by atoms with E-state index >= 15 is 0 Å². The number of pyridine rings is 1. The normalized spacial score (nSPS) is 12.4. The molecule has 3 aromatic rings. The van der Waals surface area contributed by atoms with E-state index in [1.165, 1.54) is 5.56 Å². The predicted octanol–water partition coefficient (Wildman–Crippen LogP) is 3.96. The topological polar surface area (TPSA) is 83.4 Å². The third-order valence-corrected chi connectivity index (χ3v) is 5.04. The van der Waals surface area contributed by atoms with Crippen molar-refractivity contribution in [3.05, 3.63) is 64.3 Å². The van der Waals surface area contributed by atoms with Crippen LogP contribution < -0.4 is 11.5 Å². The smallest absolute Gasteiger partial charge is 0.0740 e. The third kappa shape index (κ3) is 3.98. The van der Waals surface area contributed by atoms with Crippen LogP contribution in [0.1, 0.15) is 17.0 Å². The number of hydrogen-bond acceptors (Lipinski definition) is 5. The molecular formula is C20H22BrN3O2. The van der Waals surface area contributed by atoms with Crippen molar-refractivity contribution in [1.29, 1.82) is 0 Å². The average molecular weight is 416 g/mol. The SMILES string of the molecule is COCCOCC(c1ccccc1)c1cc2c(N)c(N)cnc2cc1Br. The van der Waals surface area contributed by atoms with E-state index in [0.29, 0.717) is 31.2 Å². The Morgan fingerprint density at radius 3 is 2.62 bits per heavy atom. The van der Waals surface area contributed by atoms with E-state index in [0.717, 1.165) is 20.9 Å². The number of ether oxygens (including phenoxy) is 2. The first kappa shape index (κ1) is 18.6. The fourth-order valence-electron chi connectivity index (χ4n) is 2.93. The van der Waals surface area contributed by atoms with Gasteiger partial charge in [0.05, 0.1) is 42.9 Å². The molecule has 6 heteroatoms. The van der Waals surface area contributed by atoms with Gasteiger partial charge in [0.25, 0.3) is 0 Å². The summed E-state index contributed by atoms with van der Waals surface area (Å²) in [6, 6.07) is 14.3. The lowest BCUT2D eigenvalue weighted by Gasteiger charge is -2.21. The van der Waals surface area contributed by atoms with Gasteiger partial charge in [0.15, 0.2) is 0 Å². The van der Waals surface area contributed by atoms with Crippen molar-refractivity contribution in [3.63, 3.8) is 0 Å². The number of halogens is 1. The first-order valence-corrected chi connectivity index (χ1v) is 9.16. The number of fused-ring (bicyclic) bond motifs is 1. The highest BCUT2D eigenvalue weighted by molar-refractivity contribution is 9.10. The minimum Gasteiger partial charge on any atom is -0.396 e. The molecule has 1 unspecified atom stereocenters. The summed E-state index contributed by atoms with van der Waals surface area (Å²) in [5.74, 6) is 0.0488. The molecule has 0 radical (unpaired) electrons. The first-order valence-electron chi connectivity index (χ1n) is 8.36. The van der Waals surface area contributed by atoms with E-state index in [1.54, 1.807) is 13.3 Å². The number of rotatable bonds is 7. The number of aromatic nitrogens is 1. The first-order chi connectivity index (χ1) is 12.6. The van der Waals surface area contributed by atoms with Crippen LogP contribution in [0.5, 0.6) is 0 Å². The van der Waals surface area contributed by atoms with Crippen LogP contribution in [0.4, 0.5) is 11.4 Å². The van der Waals surface area contributed by atoms with Crippen LogP contribution in [0.3, 0.4) is 0 Å². The quantitative estimate of drug-likeness (QED) is 0.570. The number of nitrogens with two attached hydrogens (primary N) is 2. The minimum atomic E-state index is 0.0488. The zero-order chi connectivity index (χ0) is 18.5. The summed E-state index contributed by atoms with van der Waals surface area (Å²) >= 11 is 3.69. The van der Waals surface area contributed by atoms with Gasteiger partial charge in [-0.15, -0.1) is 0 Å². The molecule has 1 aromatic heterocycles. The van der Waals surface area contributed by atoms with Crippen molar-refractivity contribution in [2.75, 3.05) is 38.4 Å². The van der Waals surface area contributed by atoms with Gasteiger partial charge in [0.2, 0.25) is 0 Å². The van der Waals surface area contributed by atoms with Gasteiger partial charge in [-0.3, -0.25) is 4.98 Å². The number of benzene rings is 2. The van der Waals surface area contributed by atoms with Gasteiger partial charge in [0, 0.05) is 22.9 Å². The lowest BCUT2D eigenvalue weighted by atomic mass is 9.91. The highest BCUT2D eigenvalue weighted by Gasteiger charge is 2.19. The number of methoxy groups -OCH3 is 1. The third-order valence-electron chi connectivity index (χ3n) is 4.35. The van der Waals surface area contributed by atoms with Crippen molar-refractivity contribution in [3.8, 4) is 0 Å². The van der Waals surface area contributed by atoms with Gasteiger partial charge in [-0.2, -0.15) is 0 Å². The molecule has 26 heavy (non-hydrogen) atoms. The minimum absolute atomic E-state index is 0.0488. The molecule has 0 spiro atoms. The van der Waals surface area contributed by atoms with Gasteiger partial charge in [0.1, 0.15) is 0 Å². The summed E-state index contributed by atoms with van der Waals surface area (Å²) in [6.45, 7) is 1.64. The molecular weight excluding hydrogens is 394 g/mol. The lowest BCUT2D eigenvalue weighted by Crippen LogP contribution is -2.13. The van der Waals surface area contributed by atoms with E-state index < -0.39 is 0 Å². The van der Waals surface area contributed by atoms with Crippen molar-refractivity contribution < 1.29 is 9.47 Å². The van der Waals surface area contributed by atoms with Crippen LogP contribution in [-0.4, -0.2) is 31.9 Å². The number of hydrogen-bond donors (Lipinski definition) is 2. The molecule has 0 aliphatic carbocycles. The Bertz CT molecular complexity index is 887. The Morgan fingerprint density at radius 2 is 1.88 bits per heavy atom. The summed E-state index contributed by atoms with van der Waals surface area (Å²) in [4.78, 5) is 4.38. The molecule has 3 rings (SSSR count). The van der Waals surface area contributed by atoms with Crippen LogP contribution >= 0.6 is 15.9 Å². The number of anilines is 2. The number of nitrogens with zero attached hydrogens (tertiary/aromatic N) is 1. The number of nitrogen functional groups attached to an aromatic ring is 2. The average Bonchev–Trinajstić information content (AvgIpc) is 2.66. The fourth-order valence-corrected chi connectivity index (χ4v) is 3.54. The summed E-state index contributed by atoms with van der Waals surface area (Å²) in [5.41, 5.74) is 16.2. The maximum atomic E-state index is 6.19. The van der Waals surface area contributed by atoms with Gasteiger partial charge < -0.3 is 20.9 Å². The Labute approximate surface area is 161 Å². The lowest BCUT2D eigenvalue weighted by molar-refractivity contribution is 0.0669. The second kappa shape index (κ2) is 8.49. The molecule has 0 saturated heterocycles. The maximum absolute atomic E-state index is 6.19. The fraction of sp³-hybridized carbons (Fsp3) is 0.250. The van der Waals surface area contributed by atoms with Crippen molar-refractivity contribution in [2.24, 2.45) is 0 Å². The highest BCUT2D eigenvalue weighted by atomic mass is 79.9. The van der Waals surface area contributed by atoms with Crippen LogP contribution in [0.15, 0.2) is 53.1 Å². The second-order valence-electron chi connectivity index (χ2n) is 6.05. The molecule has 0 saturated carbocycles. The standard InChI is InChI=1S/C20H22BrN3O2/c1-25-7-8-26-12-16(13-5-3-2-4-6-13)14-9-15-19(10-17(14)21)24-11-18(22)20(15)23/h2-6,9-11,16H,7-8,12,22H2,1H3,(H2,23,24). The Morgan fingerprint density at radius 1 is 1.12 bits per heavy atom. The second-order valence-corrected chi connectivity index (χ2v) is 6.90. The maximum Gasteiger partial charge on any atom is 0.0740 e. The molecule has 1 atom stereocenters. The monoisotopic (exact) mass is 415 g/mol. The summed E-state index contributed by atoms with van der Waals surface area (Å²) < 4.78 is 11.9.